The molecule has 1 fully saturated rings. The van der Waals surface area contributed by atoms with Gasteiger partial charge in [-0.2, -0.15) is 0 Å². The molecule has 1 aliphatic heterocycles. The number of aryl methyl sites for hydroxylation is 1. The second-order valence-electron chi connectivity index (χ2n) is 5.02. The number of benzene rings is 1. The van der Waals surface area contributed by atoms with Crippen LogP contribution in [0.5, 0.6) is 0 Å². The van der Waals surface area contributed by atoms with Crippen LogP contribution in [0.25, 0.3) is 0 Å². The zero-order valence-electron chi connectivity index (χ0n) is 10.5. The molecule has 0 spiro atoms. The number of alkyl halides is 1. The Labute approximate surface area is 113 Å². The number of rotatable bonds is 5. The molecule has 1 aliphatic rings. The highest BCUT2D eigenvalue weighted by Crippen LogP contribution is 2.24. The van der Waals surface area contributed by atoms with E-state index in [1.807, 2.05) is 0 Å². The summed E-state index contributed by atoms with van der Waals surface area (Å²) in [5.74, 6) is 0.694. The zero-order chi connectivity index (χ0) is 12.1. The summed E-state index contributed by atoms with van der Waals surface area (Å²) in [6.45, 7) is 3.16. The third kappa shape index (κ3) is 3.82. The molecular weight excluding hydrogens is 276 g/mol. The first-order valence-corrected chi connectivity index (χ1v) is 7.64. The Balaban J connectivity index is 1.92. The first-order chi connectivity index (χ1) is 8.29. The quantitative estimate of drug-likeness (QED) is 0.743. The minimum Gasteiger partial charge on any atom is -0.378 e. The van der Waals surface area contributed by atoms with Gasteiger partial charge < -0.3 is 4.74 Å². The van der Waals surface area contributed by atoms with Crippen molar-refractivity contribution in [3.8, 4) is 0 Å². The number of ether oxygens (including phenoxy) is 1. The molecule has 17 heavy (non-hydrogen) atoms. The lowest BCUT2D eigenvalue weighted by Gasteiger charge is -2.19. The van der Waals surface area contributed by atoms with Crippen LogP contribution in [-0.2, 0) is 11.2 Å². The summed E-state index contributed by atoms with van der Waals surface area (Å²) in [7, 11) is 0. The van der Waals surface area contributed by atoms with Gasteiger partial charge in [0.05, 0.1) is 6.10 Å². The molecule has 2 unspecified atom stereocenters. The highest BCUT2D eigenvalue weighted by atomic mass is 79.9. The third-order valence-corrected chi connectivity index (χ3v) is 4.52. The van der Waals surface area contributed by atoms with Crippen LogP contribution in [0.1, 0.15) is 30.4 Å². The van der Waals surface area contributed by atoms with Crippen LogP contribution in [0.4, 0.5) is 0 Å². The Hall–Kier alpha value is -0.340. The molecule has 0 amide bonds. The third-order valence-electron chi connectivity index (χ3n) is 3.61. The Morgan fingerprint density at radius 2 is 2.24 bits per heavy atom. The fourth-order valence-corrected chi connectivity index (χ4v) is 3.05. The number of halogens is 1. The summed E-state index contributed by atoms with van der Waals surface area (Å²) in [5, 5.41) is 1.07. The van der Waals surface area contributed by atoms with Crippen molar-refractivity contribution >= 4 is 15.9 Å². The van der Waals surface area contributed by atoms with Crippen LogP contribution >= 0.6 is 15.9 Å². The Bertz CT molecular complexity index is 345. The van der Waals surface area contributed by atoms with E-state index in [1.165, 1.54) is 30.4 Å². The summed E-state index contributed by atoms with van der Waals surface area (Å²) in [6.07, 6.45) is 5.35. The predicted octanol–water partition coefficient (Wildman–Crippen LogP) is 4.12. The van der Waals surface area contributed by atoms with Gasteiger partial charge in [-0.25, -0.2) is 0 Å². The van der Waals surface area contributed by atoms with E-state index in [0.29, 0.717) is 12.0 Å². The first-order valence-electron chi connectivity index (χ1n) is 6.51. The summed E-state index contributed by atoms with van der Waals surface area (Å²) < 4.78 is 5.73. The number of hydrogen-bond donors (Lipinski definition) is 0. The zero-order valence-corrected chi connectivity index (χ0v) is 12.1. The highest BCUT2D eigenvalue weighted by molar-refractivity contribution is 9.09. The lowest BCUT2D eigenvalue weighted by Crippen LogP contribution is -2.16. The van der Waals surface area contributed by atoms with Gasteiger partial charge in [0.1, 0.15) is 0 Å². The molecule has 0 aliphatic carbocycles. The summed E-state index contributed by atoms with van der Waals surface area (Å²) in [6, 6.07) is 8.70. The SMILES string of the molecule is Cc1ccccc1CC(CBr)CC1CCCO1. The van der Waals surface area contributed by atoms with Crippen molar-refractivity contribution in [3.63, 3.8) is 0 Å². The van der Waals surface area contributed by atoms with Crippen LogP contribution < -0.4 is 0 Å². The fraction of sp³-hybridized carbons (Fsp3) is 0.600. The van der Waals surface area contributed by atoms with Gasteiger partial charge in [-0.1, -0.05) is 40.2 Å². The smallest absolute Gasteiger partial charge is 0.0579 e. The van der Waals surface area contributed by atoms with Crippen LogP contribution in [0, 0.1) is 12.8 Å². The van der Waals surface area contributed by atoms with E-state index in [-0.39, 0.29) is 0 Å². The average Bonchev–Trinajstić information content (AvgIpc) is 2.84. The Morgan fingerprint density at radius 1 is 1.41 bits per heavy atom. The maximum absolute atomic E-state index is 5.73. The van der Waals surface area contributed by atoms with Crippen LogP contribution in [0.15, 0.2) is 24.3 Å². The van der Waals surface area contributed by atoms with E-state index in [1.54, 1.807) is 0 Å². The van der Waals surface area contributed by atoms with Crippen LogP contribution in [-0.4, -0.2) is 18.0 Å². The summed E-state index contributed by atoms with van der Waals surface area (Å²) >= 11 is 3.65. The van der Waals surface area contributed by atoms with E-state index in [0.717, 1.165) is 18.4 Å². The molecule has 1 nitrogen and oxygen atoms in total. The van der Waals surface area contributed by atoms with Crippen molar-refractivity contribution in [1.29, 1.82) is 0 Å². The lowest BCUT2D eigenvalue weighted by molar-refractivity contribution is 0.0925. The second kappa shape index (κ2) is 6.55. The van der Waals surface area contributed by atoms with Gasteiger partial charge in [0.2, 0.25) is 0 Å². The van der Waals surface area contributed by atoms with E-state index in [4.69, 9.17) is 4.74 Å². The van der Waals surface area contributed by atoms with Crippen molar-refractivity contribution in [3.05, 3.63) is 35.4 Å². The molecule has 0 bridgehead atoms. The monoisotopic (exact) mass is 296 g/mol. The summed E-state index contributed by atoms with van der Waals surface area (Å²) in [5.41, 5.74) is 2.89. The largest absolute Gasteiger partial charge is 0.378 e. The topological polar surface area (TPSA) is 9.23 Å². The van der Waals surface area contributed by atoms with Gasteiger partial charge in [0.25, 0.3) is 0 Å². The summed E-state index contributed by atoms with van der Waals surface area (Å²) in [4.78, 5) is 0. The molecule has 0 N–H and O–H groups in total. The van der Waals surface area contributed by atoms with Gasteiger partial charge in [0.15, 0.2) is 0 Å². The van der Waals surface area contributed by atoms with E-state index < -0.39 is 0 Å². The molecule has 0 aromatic heterocycles. The van der Waals surface area contributed by atoms with Gasteiger partial charge in [0, 0.05) is 11.9 Å². The number of hydrogen-bond acceptors (Lipinski definition) is 1. The Kier molecular flexibility index (Phi) is 5.05. The molecule has 2 rings (SSSR count). The molecule has 1 heterocycles. The van der Waals surface area contributed by atoms with Crippen LogP contribution in [0.2, 0.25) is 0 Å². The normalized spacial score (nSPS) is 21.6. The van der Waals surface area contributed by atoms with Gasteiger partial charge in [-0.15, -0.1) is 0 Å². The van der Waals surface area contributed by atoms with E-state index in [2.05, 4.69) is 47.1 Å². The van der Waals surface area contributed by atoms with Crippen molar-refractivity contribution in [2.75, 3.05) is 11.9 Å². The van der Waals surface area contributed by atoms with Crippen molar-refractivity contribution in [2.24, 2.45) is 5.92 Å². The van der Waals surface area contributed by atoms with E-state index >= 15 is 0 Å². The van der Waals surface area contributed by atoms with Crippen molar-refractivity contribution in [1.82, 2.24) is 0 Å². The molecule has 1 saturated heterocycles. The lowest BCUT2D eigenvalue weighted by atomic mass is 9.92. The fourth-order valence-electron chi connectivity index (χ4n) is 2.55. The Morgan fingerprint density at radius 3 is 2.88 bits per heavy atom. The molecule has 0 saturated carbocycles. The highest BCUT2D eigenvalue weighted by Gasteiger charge is 2.20. The molecule has 2 heteroatoms. The molecule has 1 aromatic carbocycles. The van der Waals surface area contributed by atoms with Crippen molar-refractivity contribution in [2.45, 2.75) is 38.7 Å². The molecule has 1 aromatic rings. The maximum Gasteiger partial charge on any atom is 0.0579 e. The maximum atomic E-state index is 5.73. The molecular formula is C15H21BrO. The molecule has 2 atom stereocenters. The molecule has 94 valence electrons. The minimum absolute atomic E-state index is 0.501. The minimum atomic E-state index is 0.501. The molecule has 0 radical (unpaired) electrons. The van der Waals surface area contributed by atoms with Gasteiger partial charge >= 0.3 is 0 Å². The van der Waals surface area contributed by atoms with Crippen molar-refractivity contribution < 1.29 is 4.74 Å². The standard InChI is InChI=1S/C15H21BrO/c1-12-5-2-3-6-14(12)9-13(11-16)10-15-7-4-8-17-15/h2-3,5-6,13,15H,4,7-11H2,1H3. The van der Waals surface area contributed by atoms with Gasteiger partial charge in [-0.05, 0) is 49.7 Å². The first kappa shape index (κ1) is 13.1. The van der Waals surface area contributed by atoms with Gasteiger partial charge in [-0.3, -0.25) is 0 Å². The second-order valence-corrected chi connectivity index (χ2v) is 5.67. The van der Waals surface area contributed by atoms with Crippen LogP contribution in [0.3, 0.4) is 0 Å². The predicted molar refractivity (Wildman–Crippen MR) is 75.8 cm³/mol. The van der Waals surface area contributed by atoms with E-state index in [9.17, 15) is 0 Å². The average molecular weight is 297 g/mol.